The monoisotopic (exact) mass is 355 g/mol. The first kappa shape index (κ1) is 16.7. The van der Waals surface area contributed by atoms with Gasteiger partial charge in [0.05, 0.1) is 10.6 Å². The minimum Gasteiger partial charge on any atom is -0.337 e. The smallest absolute Gasteiger partial charge is 0.276 e. The van der Waals surface area contributed by atoms with Crippen molar-refractivity contribution in [2.45, 2.75) is 11.8 Å². The Hall–Kier alpha value is -3.13. The van der Waals surface area contributed by atoms with E-state index in [0.29, 0.717) is 5.69 Å². The minimum absolute atomic E-state index is 0.0389. The maximum absolute atomic E-state index is 12.3. The number of benzene rings is 2. The van der Waals surface area contributed by atoms with Gasteiger partial charge in [-0.25, -0.2) is 9.66 Å². The maximum atomic E-state index is 12.3. The van der Waals surface area contributed by atoms with E-state index >= 15 is 0 Å². The van der Waals surface area contributed by atoms with E-state index in [9.17, 15) is 8.42 Å². The van der Waals surface area contributed by atoms with E-state index in [2.05, 4.69) is 14.9 Å². The van der Waals surface area contributed by atoms with E-state index in [4.69, 9.17) is 5.84 Å². The summed E-state index contributed by atoms with van der Waals surface area (Å²) in [5.41, 5.74) is 2.52. The van der Waals surface area contributed by atoms with Crippen molar-refractivity contribution >= 4 is 10.0 Å². The zero-order valence-electron chi connectivity index (χ0n) is 13.5. The molecule has 3 N–H and O–H groups in total. The molecule has 25 heavy (non-hydrogen) atoms. The Balaban J connectivity index is 1.94. The first-order chi connectivity index (χ1) is 12.0. The second-order valence-corrected chi connectivity index (χ2v) is 7.07. The molecule has 7 nitrogen and oxygen atoms in total. The number of hydrogen-bond donors (Lipinski definition) is 2. The molecule has 2 aromatic carbocycles. The Morgan fingerprint density at radius 3 is 2.40 bits per heavy atom. The largest absolute Gasteiger partial charge is 0.337 e. The van der Waals surface area contributed by atoms with Crippen LogP contribution in [-0.4, -0.2) is 18.1 Å². The number of aromatic nitrogens is 2. The van der Waals surface area contributed by atoms with E-state index in [0.717, 1.165) is 15.8 Å². The highest BCUT2D eigenvalue weighted by Crippen LogP contribution is 2.13. The van der Waals surface area contributed by atoms with Crippen LogP contribution in [0.15, 0.2) is 76.9 Å². The highest BCUT2D eigenvalue weighted by molar-refractivity contribution is 7.89. The van der Waals surface area contributed by atoms with Crippen molar-refractivity contribution in [3.8, 4) is 11.3 Å². The third-order valence-corrected chi connectivity index (χ3v) is 4.74. The van der Waals surface area contributed by atoms with Gasteiger partial charge in [0.15, 0.2) is 0 Å². The molecule has 0 atom stereocenters. The molecule has 3 rings (SSSR count). The van der Waals surface area contributed by atoms with E-state index < -0.39 is 10.0 Å². The van der Waals surface area contributed by atoms with Gasteiger partial charge in [0.25, 0.3) is 15.6 Å². The maximum Gasteiger partial charge on any atom is 0.276 e. The van der Waals surface area contributed by atoms with Crippen LogP contribution in [0, 0.1) is 6.92 Å². The van der Waals surface area contributed by atoms with Crippen LogP contribution in [0.5, 0.6) is 0 Å². The molecular formula is C17H17N5O2S. The molecule has 0 fully saturated rings. The summed E-state index contributed by atoms with van der Waals surface area (Å²) in [7, 11) is -3.80. The molecular weight excluding hydrogens is 338 g/mol. The van der Waals surface area contributed by atoms with Crippen molar-refractivity contribution in [1.29, 1.82) is 0 Å². The number of rotatable bonds is 4. The van der Waals surface area contributed by atoms with Gasteiger partial charge in [0.2, 0.25) is 0 Å². The summed E-state index contributed by atoms with van der Waals surface area (Å²) >= 11 is 0. The van der Waals surface area contributed by atoms with Crippen molar-refractivity contribution in [2.75, 3.05) is 5.84 Å². The highest BCUT2D eigenvalue weighted by Gasteiger charge is 2.12. The van der Waals surface area contributed by atoms with Crippen molar-refractivity contribution in [2.24, 2.45) is 5.10 Å². The number of nitrogens with two attached hydrogens (primary N) is 1. The summed E-state index contributed by atoms with van der Waals surface area (Å²) in [5.74, 6) is 5.78. The van der Waals surface area contributed by atoms with Gasteiger partial charge in [-0.05, 0) is 25.1 Å². The lowest BCUT2D eigenvalue weighted by Crippen LogP contribution is -2.34. The fraction of sp³-hybridized carbons (Fsp3) is 0.0588. The van der Waals surface area contributed by atoms with Gasteiger partial charge in [-0.3, -0.25) is 0 Å². The molecule has 0 aliphatic carbocycles. The number of nitrogens with one attached hydrogen (secondary N) is 1. The van der Waals surface area contributed by atoms with E-state index in [1.807, 2.05) is 37.3 Å². The lowest BCUT2D eigenvalue weighted by molar-refractivity contribution is 0.581. The van der Waals surface area contributed by atoms with Crippen LogP contribution in [-0.2, 0) is 10.0 Å². The van der Waals surface area contributed by atoms with Crippen molar-refractivity contribution < 1.29 is 8.42 Å². The second-order valence-electron chi connectivity index (χ2n) is 5.41. The Kier molecular flexibility index (Phi) is 4.53. The number of nitrogen functional groups attached to an aromatic ring is 1. The Labute approximate surface area is 145 Å². The number of hydrogen-bond acceptors (Lipinski definition) is 5. The van der Waals surface area contributed by atoms with Crippen LogP contribution < -0.4 is 16.3 Å². The molecule has 0 aliphatic heterocycles. The summed E-state index contributed by atoms with van der Waals surface area (Å²) in [6.45, 7) is 1.88. The van der Waals surface area contributed by atoms with Crippen molar-refractivity contribution in [1.82, 2.24) is 14.5 Å². The standard InChI is InChI=1S/C17H17N5O2S/c1-13-7-9-15(10-8-13)25(23,24)21-20-17-19-16(11-12-22(17)18)14-5-3-2-4-6-14/h2-12,21H,18H2,1H3/b20-17+. The molecule has 128 valence electrons. The number of nitrogens with zero attached hydrogens (tertiary/aromatic N) is 3. The molecule has 0 unspecified atom stereocenters. The molecule has 3 aromatic rings. The van der Waals surface area contributed by atoms with Gasteiger partial charge < -0.3 is 5.84 Å². The predicted octanol–water partition coefficient (Wildman–Crippen LogP) is 1.37. The van der Waals surface area contributed by atoms with Crippen LogP contribution in [0.2, 0.25) is 0 Å². The van der Waals surface area contributed by atoms with Crippen LogP contribution in [0.25, 0.3) is 11.3 Å². The first-order valence-electron chi connectivity index (χ1n) is 7.48. The van der Waals surface area contributed by atoms with Crippen molar-refractivity contribution in [3.05, 3.63) is 78.0 Å². The van der Waals surface area contributed by atoms with Crippen LogP contribution in [0.4, 0.5) is 0 Å². The lowest BCUT2D eigenvalue weighted by atomic mass is 10.1. The third-order valence-electron chi connectivity index (χ3n) is 3.51. The Morgan fingerprint density at radius 2 is 1.72 bits per heavy atom. The molecule has 0 saturated heterocycles. The van der Waals surface area contributed by atoms with Gasteiger partial charge in [0, 0.05) is 11.8 Å². The van der Waals surface area contributed by atoms with Gasteiger partial charge in [-0.2, -0.15) is 13.2 Å². The van der Waals surface area contributed by atoms with E-state index in [-0.39, 0.29) is 10.5 Å². The average Bonchev–Trinajstić information content (AvgIpc) is 2.62. The third kappa shape index (κ3) is 3.86. The molecule has 0 radical (unpaired) electrons. The zero-order chi connectivity index (χ0) is 17.9. The SMILES string of the molecule is Cc1ccc(S(=O)(=O)N/N=c2\nc(-c3ccccc3)ccn2N)cc1. The summed E-state index contributed by atoms with van der Waals surface area (Å²) in [6, 6.07) is 17.6. The van der Waals surface area contributed by atoms with E-state index in [1.54, 1.807) is 24.4 Å². The zero-order valence-corrected chi connectivity index (χ0v) is 14.3. The molecule has 0 aliphatic rings. The summed E-state index contributed by atoms with van der Waals surface area (Å²) in [6.07, 6.45) is 1.56. The second kappa shape index (κ2) is 6.78. The highest BCUT2D eigenvalue weighted by atomic mass is 32.2. The summed E-state index contributed by atoms with van der Waals surface area (Å²) in [5, 5.41) is 3.85. The minimum atomic E-state index is -3.80. The summed E-state index contributed by atoms with van der Waals surface area (Å²) < 4.78 is 25.7. The van der Waals surface area contributed by atoms with Crippen molar-refractivity contribution in [3.63, 3.8) is 0 Å². The van der Waals surface area contributed by atoms with Crippen LogP contribution >= 0.6 is 0 Å². The van der Waals surface area contributed by atoms with Gasteiger partial charge >= 0.3 is 0 Å². The quantitative estimate of drug-likeness (QED) is 0.545. The Bertz CT molecular complexity index is 1040. The molecule has 8 heteroatoms. The number of sulfonamides is 1. The molecule has 0 bridgehead atoms. The number of aryl methyl sites for hydroxylation is 1. The van der Waals surface area contributed by atoms with Gasteiger partial charge in [-0.15, -0.1) is 5.10 Å². The van der Waals surface area contributed by atoms with Crippen LogP contribution in [0.3, 0.4) is 0 Å². The fourth-order valence-electron chi connectivity index (χ4n) is 2.14. The van der Waals surface area contributed by atoms with Gasteiger partial charge in [0.1, 0.15) is 0 Å². The summed E-state index contributed by atoms with van der Waals surface area (Å²) in [4.78, 5) is 6.58. The van der Waals surface area contributed by atoms with Gasteiger partial charge in [-0.1, -0.05) is 48.0 Å². The molecule has 1 aromatic heterocycles. The van der Waals surface area contributed by atoms with E-state index in [1.165, 1.54) is 12.1 Å². The topological polar surface area (TPSA) is 102 Å². The predicted molar refractivity (Wildman–Crippen MR) is 94.9 cm³/mol. The normalized spacial score (nSPS) is 12.1. The molecule has 0 spiro atoms. The molecule has 0 saturated carbocycles. The molecule has 1 heterocycles. The average molecular weight is 355 g/mol. The lowest BCUT2D eigenvalue weighted by Gasteiger charge is -2.06. The first-order valence-corrected chi connectivity index (χ1v) is 8.96. The Morgan fingerprint density at radius 1 is 1.04 bits per heavy atom. The molecule has 0 amide bonds. The fourth-order valence-corrected chi connectivity index (χ4v) is 2.95. The van der Waals surface area contributed by atoms with Crippen LogP contribution in [0.1, 0.15) is 5.56 Å².